The van der Waals surface area contributed by atoms with E-state index in [1.54, 1.807) is 0 Å². The first-order chi connectivity index (χ1) is 11.5. The minimum atomic E-state index is -0.298. The fourth-order valence-electron chi connectivity index (χ4n) is 3.20. The summed E-state index contributed by atoms with van der Waals surface area (Å²) < 4.78 is 6.04. The molecule has 2 aromatic rings. The molecule has 0 aliphatic carbocycles. The van der Waals surface area contributed by atoms with Gasteiger partial charge in [0, 0.05) is 18.5 Å². The van der Waals surface area contributed by atoms with Crippen LogP contribution in [0, 0.1) is 6.92 Å². The van der Waals surface area contributed by atoms with Crippen LogP contribution in [0.5, 0.6) is 0 Å². The minimum Gasteiger partial charge on any atom is -0.374 e. The van der Waals surface area contributed by atoms with E-state index in [1.165, 1.54) is 5.56 Å². The van der Waals surface area contributed by atoms with Gasteiger partial charge in [0.1, 0.15) is 0 Å². The summed E-state index contributed by atoms with van der Waals surface area (Å²) in [5, 5.41) is 0. The number of benzene rings is 2. The zero-order chi connectivity index (χ0) is 17.2. The number of aryl methyl sites for hydroxylation is 1. The third-order valence-electron chi connectivity index (χ3n) is 4.61. The van der Waals surface area contributed by atoms with Crippen LogP contribution in [0.2, 0.25) is 0 Å². The van der Waals surface area contributed by atoms with Crippen molar-refractivity contribution >= 4 is 5.91 Å². The molecule has 0 aromatic heterocycles. The Morgan fingerprint density at radius 3 is 2.62 bits per heavy atom. The number of carbonyl (C=O) groups is 1. The zero-order valence-electron chi connectivity index (χ0n) is 14.7. The van der Waals surface area contributed by atoms with Crippen molar-refractivity contribution in [2.75, 3.05) is 13.2 Å². The molecular weight excluding hydrogens is 298 g/mol. The number of ether oxygens (including phenoxy) is 1. The van der Waals surface area contributed by atoms with Crippen LogP contribution in [0.15, 0.2) is 54.6 Å². The van der Waals surface area contributed by atoms with E-state index < -0.39 is 0 Å². The quantitative estimate of drug-likeness (QED) is 0.858. The molecule has 1 aliphatic rings. The molecule has 126 valence electrons. The molecule has 3 heteroatoms. The van der Waals surface area contributed by atoms with Gasteiger partial charge in [-0.2, -0.15) is 0 Å². The van der Waals surface area contributed by atoms with Gasteiger partial charge < -0.3 is 9.64 Å². The minimum absolute atomic E-state index is 0.0363. The second-order valence-electron chi connectivity index (χ2n) is 7.22. The standard InChI is InChI=1S/C21H25NO2/c1-16-8-7-11-18(12-16)20(23)22-14-19(24-15-21(22,2)3)13-17-9-5-4-6-10-17/h4-12,19H,13-15H2,1-3H3. The Balaban J connectivity index is 1.78. The van der Waals surface area contributed by atoms with Gasteiger partial charge in [-0.3, -0.25) is 4.79 Å². The molecule has 0 radical (unpaired) electrons. The fraction of sp³-hybridized carbons (Fsp3) is 0.381. The van der Waals surface area contributed by atoms with Crippen LogP contribution in [0.4, 0.5) is 0 Å². The second-order valence-corrected chi connectivity index (χ2v) is 7.22. The normalized spacial score (nSPS) is 20.0. The van der Waals surface area contributed by atoms with Crippen molar-refractivity contribution in [1.82, 2.24) is 4.90 Å². The molecule has 3 nitrogen and oxygen atoms in total. The molecule has 1 unspecified atom stereocenters. The highest BCUT2D eigenvalue weighted by molar-refractivity contribution is 5.95. The maximum absolute atomic E-state index is 13.0. The van der Waals surface area contributed by atoms with Crippen LogP contribution in [0.25, 0.3) is 0 Å². The molecule has 1 atom stereocenters. The van der Waals surface area contributed by atoms with Crippen LogP contribution in [0.3, 0.4) is 0 Å². The average molecular weight is 323 g/mol. The highest BCUT2D eigenvalue weighted by Gasteiger charge is 2.38. The molecule has 24 heavy (non-hydrogen) atoms. The van der Waals surface area contributed by atoms with Crippen molar-refractivity contribution in [1.29, 1.82) is 0 Å². The summed E-state index contributed by atoms with van der Waals surface area (Å²) in [6, 6.07) is 18.1. The maximum Gasteiger partial charge on any atom is 0.254 e. The summed E-state index contributed by atoms with van der Waals surface area (Å²) in [6.07, 6.45) is 0.864. The van der Waals surface area contributed by atoms with Gasteiger partial charge in [-0.1, -0.05) is 48.0 Å². The van der Waals surface area contributed by atoms with Gasteiger partial charge in [-0.05, 0) is 38.5 Å². The number of morpholine rings is 1. The lowest BCUT2D eigenvalue weighted by Crippen LogP contribution is -2.58. The van der Waals surface area contributed by atoms with E-state index in [2.05, 4.69) is 26.0 Å². The average Bonchev–Trinajstić information content (AvgIpc) is 2.57. The van der Waals surface area contributed by atoms with Gasteiger partial charge in [0.25, 0.3) is 5.91 Å². The van der Waals surface area contributed by atoms with Gasteiger partial charge in [0.05, 0.1) is 18.2 Å². The van der Waals surface area contributed by atoms with Crippen LogP contribution in [0.1, 0.15) is 35.3 Å². The van der Waals surface area contributed by atoms with E-state index in [-0.39, 0.29) is 17.6 Å². The third-order valence-corrected chi connectivity index (χ3v) is 4.61. The number of nitrogens with zero attached hydrogens (tertiary/aromatic N) is 1. The van der Waals surface area contributed by atoms with E-state index in [9.17, 15) is 4.79 Å². The van der Waals surface area contributed by atoms with E-state index in [0.29, 0.717) is 13.2 Å². The summed E-state index contributed by atoms with van der Waals surface area (Å²) in [7, 11) is 0. The predicted octanol–water partition coefficient (Wildman–Crippen LogP) is 3.86. The van der Waals surface area contributed by atoms with Crippen molar-refractivity contribution < 1.29 is 9.53 Å². The van der Waals surface area contributed by atoms with E-state index in [0.717, 1.165) is 17.5 Å². The number of hydrogen-bond acceptors (Lipinski definition) is 2. The number of rotatable bonds is 3. The van der Waals surface area contributed by atoms with E-state index in [1.807, 2.05) is 54.3 Å². The summed E-state index contributed by atoms with van der Waals surface area (Å²) in [5.74, 6) is 0.0880. The first-order valence-corrected chi connectivity index (χ1v) is 8.50. The molecule has 3 rings (SSSR count). The summed E-state index contributed by atoms with van der Waals surface area (Å²) in [5.41, 5.74) is 2.80. The summed E-state index contributed by atoms with van der Waals surface area (Å²) >= 11 is 0. The first kappa shape index (κ1) is 16.7. The fourth-order valence-corrected chi connectivity index (χ4v) is 3.20. The van der Waals surface area contributed by atoms with E-state index >= 15 is 0 Å². The Labute approximate surface area is 144 Å². The van der Waals surface area contributed by atoms with Gasteiger partial charge >= 0.3 is 0 Å². The molecule has 0 bridgehead atoms. The molecule has 0 N–H and O–H groups in total. The molecule has 1 saturated heterocycles. The van der Waals surface area contributed by atoms with Gasteiger partial charge in [-0.15, -0.1) is 0 Å². The Morgan fingerprint density at radius 2 is 1.92 bits per heavy atom. The molecule has 1 aliphatic heterocycles. The number of amides is 1. The van der Waals surface area contributed by atoms with Gasteiger partial charge in [0.15, 0.2) is 0 Å². The van der Waals surface area contributed by atoms with Crippen molar-refractivity contribution in [2.45, 2.75) is 38.8 Å². The molecule has 2 aromatic carbocycles. The topological polar surface area (TPSA) is 29.5 Å². The van der Waals surface area contributed by atoms with Crippen LogP contribution < -0.4 is 0 Å². The van der Waals surface area contributed by atoms with Crippen LogP contribution in [-0.2, 0) is 11.2 Å². The number of carbonyl (C=O) groups excluding carboxylic acids is 1. The second kappa shape index (κ2) is 6.78. The molecular formula is C21H25NO2. The van der Waals surface area contributed by atoms with Crippen molar-refractivity contribution in [3.63, 3.8) is 0 Å². The van der Waals surface area contributed by atoms with Crippen molar-refractivity contribution in [2.24, 2.45) is 0 Å². The lowest BCUT2D eigenvalue weighted by atomic mass is 9.96. The summed E-state index contributed by atoms with van der Waals surface area (Å²) in [4.78, 5) is 15.0. The zero-order valence-corrected chi connectivity index (χ0v) is 14.7. The maximum atomic E-state index is 13.0. The molecule has 0 spiro atoms. The Bertz CT molecular complexity index is 709. The van der Waals surface area contributed by atoms with Crippen LogP contribution >= 0.6 is 0 Å². The molecule has 1 heterocycles. The summed E-state index contributed by atoms with van der Waals surface area (Å²) in [6.45, 7) is 7.33. The lowest BCUT2D eigenvalue weighted by Gasteiger charge is -2.45. The SMILES string of the molecule is Cc1cccc(C(=O)N2CC(Cc3ccccc3)OCC2(C)C)c1. The smallest absolute Gasteiger partial charge is 0.254 e. The van der Waals surface area contributed by atoms with Crippen molar-refractivity contribution in [3.8, 4) is 0 Å². The number of hydrogen-bond donors (Lipinski definition) is 0. The largest absolute Gasteiger partial charge is 0.374 e. The van der Waals surface area contributed by atoms with Crippen LogP contribution in [-0.4, -0.2) is 35.6 Å². The first-order valence-electron chi connectivity index (χ1n) is 8.50. The van der Waals surface area contributed by atoms with Gasteiger partial charge in [0.2, 0.25) is 0 Å². The Kier molecular flexibility index (Phi) is 4.72. The van der Waals surface area contributed by atoms with Gasteiger partial charge in [-0.25, -0.2) is 0 Å². The Morgan fingerprint density at radius 1 is 1.17 bits per heavy atom. The monoisotopic (exact) mass is 323 g/mol. The molecule has 0 saturated carbocycles. The predicted molar refractivity (Wildman–Crippen MR) is 96.2 cm³/mol. The Hall–Kier alpha value is -2.13. The van der Waals surface area contributed by atoms with E-state index in [4.69, 9.17) is 4.74 Å². The molecule has 1 amide bonds. The highest BCUT2D eigenvalue weighted by atomic mass is 16.5. The van der Waals surface area contributed by atoms with Crippen molar-refractivity contribution in [3.05, 3.63) is 71.3 Å². The lowest BCUT2D eigenvalue weighted by molar-refractivity contribution is -0.0821. The third kappa shape index (κ3) is 3.68. The molecule has 1 fully saturated rings. The highest BCUT2D eigenvalue weighted by Crippen LogP contribution is 2.26.